The van der Waals surface area contributed by atoms with Gasteiger partial charge in [-0.1, -0.05) is 20.8 Å². The van der Waals surface area contributed by atoms with Crippen molar-refractivity contribution in [3.05, 3.63) is 23.8 Å². The maximum absolute atomic E-state index is 4.57. The lowest BCUT2D eigenvalue weighted by atomic mass is 9.95. The summed E-state index contributed by atoms with van der Waals surface area (Å²) in [5.41, 5.74) is 1.18. The van der Waals surface area contributed by atoms with Gasteiger partial charge in [0.15, 0.2) is 0 Å². The van der Waals surface area contributed by atoms with Crippen molar-refractivity contribution in [1.82, 2.24) is 15.3 Å². The Balaban J connectivity index is 2.76. The lowest BCUT2D eigenvalue weighted by Crippen LogP contribution is -2.35. The van der Waals surface area contributed by atoms with Crippen LogP contribution in [0.25, 0.3) is 0 Å². The van der Waals surface area contributed by atoms with E-state index in [2.05, 4.69) is 56.8 Å². The van der Waals surface area contributed by atoms with Gasteiger partial charge in [-0.15, -0.1) is 0 Å². The van der Waals surface area contributed by atoms with E-state index in [9.17, 15) is 0 Å². The number of nitrogens with one attached hydrogen (secondary N) is 1. The fourth-order valence-electron chi connectivity index (χ4n) is 1.21. The molecular formula is C13H23N3. The van der Waals surface area contributed by atoms with E-state index in [1.807, 2.05) is 12.3 Å². The zero-order valence-corrected chi connectivity index (χ0v) is 11.3. The van der Waals surface area contributed by atoms with Crippen molar-refractivity contribution in [2.45, 2.75) is 59.0 Å². The first-order valence-electron chi connectivity index (χ1n) is 5.76. The summed E-state index contributed by atoms with van der Waals surface area (Å²) in [6.07, 6.45) is 1.84. The van der Waals surface area contributed by atoms with Gasteiger partial charge in [-0.25, -0.2) is 9.97 Å². The van der Waals surface area contributed by atoms with Crippen LogP contribution in [0.3, 0.4) is 0 Å². The summed E-state index contributed by atoms with van der Waals surface area (Å²) in [4.78, 5) is 8.89. The highest BCUT2D eigenvalue weighted by Gasteiger charge is 2.17. The van der Waals surface area contributed by atoms with E-state index in [0.717, 1.165) is 18.1 Å². The molecule has 0 spiro atoms. The molecule has 0 saturated heterocycles. The van der Waals surface area contributed by atoms with Crippen molar-refractivity contribution in [1.29, 1.82) is 0 Å². The van der Waals surface area contributed by atoms with Crippen LogP contribution in [0.15, 0.2) is 12.3 Å². The molecule has 16 heavy (non-hydrogen) atoms. The number of hydrogen-bond acceptors (Lipinski definition) is 3. The Bertz CT molecular complexity index is 345. The quantitative estimate of drug-likeness (QED) is 0.834. The van der Waals surface area contributed by atoms with E-state index in [1.54, 1.807) is 0 Å². The summed E-state index contributed by atoms with van der Waals surface area (Å²) in [5, 5.41) is 3.43. The average Bonchev–Trinajstić information content (AvgIpc) is 2.13. The summed E-state index contributed by atoms with van der Waals surface area (Å²) in [5.74, 6) is 0.903. The molecule has 0 atom stereocenters. The molecule has 0 bridgehead atoms. The molecule has 0 aliphatic carbocycles. The fourth-order valence-corrected chi connectivity index (χ4v) is 1.21. The smallest absolute Gasteiger partial charge is 0.133 e. The van der Waals surface area contributed by atoms with E-state index in [1.165, 1.54) is 0 Å². The second-order valence-corrected chi connectivity index (χ2v) is 6.23. The number of hydrogen-bond donors (Lipinski definition) is 1. The summed E-state index contributed by atoms with van der Waals surface area (Å²) in [7, 11) is 0. The molecular weight excluding hydrogens is 198 g/mol. The highest BCUT2D eigenvalue weighted by molar-refractivity contribution is 5.08. The molecule has 0 aromatic carbocycles. The van der Waals surface area contributed by atoms with Crippen LogP contribution in [0.2, 0.25) is 0 Å². The normalized spacial score (nSPS) is 12.9. The molecule has 1 aromatic heterocycles. The Hall–Kier alpha value is -0.960. The highest BCUT2D eigenvalue weighted by atomic mass is 15.0. The second kappa shape index (κ2) is 4.50. The number of rotatable bonds is 2. The Labute approximate surface area is 98.7 Å². The van der Waals surface area contributed by atoms with Gasteiger partial charge in [-0.05, 0) is 26.8 Å². The van der Waals surface area contributed by atoms with Crippen molar-refractivity contribution in [2.24, 2.45) is 0 Å². The summed E-state index contributed by atoms with van der Waals surface area (Å²) in [6.45, 7) is 13.6. The first-order valence-corrected chi connectivity index (χ1v) is 5.76. The zero-order valence-electron chi connectivity index (χ0n) is 11.3. The van der Waals surface area contributed by atoms with Gasteiger partial charge < -0.3 is 5.32 Å². The van der Waals surface area contributed by atoms with Crippen LogP contribution >= 0.6 is 0 Å². The first kappa shape index (κ1) is 13.1. The molecule has 0 saturated carbocycles. The molecule has 0 fully saturated rings. The predicted molar refractivity (Wildman–Crippen MR) is 67.3 cm³/mol. The molecule has 1 aromatic rings. The summed E-state index contributed by atoms with van der Waals surface area (Å²) >= 11 is 0. The van der Waals surface area contributed by atoms with Gasteiger partial charge in [0.2, 0.25) is 0 Å². The Kier molecular flexibility index (Phi) is 3.68. The van der Waals surface area contributed by atoms with Gasteiger partial charge in [0.05, 0.1) is 5.69 Å². The topological polar surface area (TPSA) is 37.8 Å². The van der Waals surface area contributed by atoms with Crippen LogP contribution in [0.4, 0.5) is 0 Å². The average molecular weight is 221 g/mol. The van der Waals surface area contributed by atoms with Gasteiger partial charge in [0.25, 0.3) is 0 Å². The maximum atomic E-state index is 4.57. The van der Waals surface area contributed by atoms with E-state index in [4.69, 9.17) is 0 Å². The number of aromatic nitrogens is 2. The molecule has 0 amide bonds. The molecule has 1 rings (SSSR count). The molecule has 1 N–H and O–H groups in total. The molecule has 0 unspecified atom stereocenters. The van der Waals surface area contributed by atoms with E-state index in [0.29, 0.717) is 0 Å². The first-order chi connectivity index (χ1) is 7.18. The summed E-state index contributed by atoms with van der Waals surface area (Å²) in [6, 6.07) is 1.97. The van der Waals surface area contributed by atoms with Crippen molar-refractivity contribution < 1.29 is 0 Å². The van der Waals surface area contributed by atoms with Crippen LogP contribution in [-0.2, 0) is 12.0 Å². The molecule has 1 heterocycles. The van der Waals surface area contributed by atoms with Gasteiger partial charge in [0, 0.05) is 23.7 Å². The minimum absolute atomic E-state index is 0.0116. The Morgan fingerprint density at radius 3 is 2.25 bits per heavy atom. The van der Waals surface area contributed by atoms with Crippen molar-refractivity contribution in [2.75, 3.05) is 0 Å². The molecule has 3 nitrogen and oxygen atoms in total. The Morgan fingerprint density at radius 1 is 1.12 bits per heavy atom. The van der Waals surface area contributed by atoms with E-state index < -0.39 is 0 Å². The Morgan fingerprint density at radius 2 is 1.75 bits per heavy atom. The third-order valence-corrected chi connectivity index (χ3v) is 2.18. The third-order valence-electron chi connectivity index (χ3n) is 2.18. The van der Waals surface area contributed by atoms with Gasteiger partial charge in [-0.2, -0.15) is 0 Å². The lowest BCUT2D eigenvalue weighted by molar-refractivity contribution is 0.419. The molecule has 0 aliphatic rings. The fraction of sp³-hybridized carbons (Fsp3) is 0.692. The lowest BCUT2D eigenvalue weighted by Gasteiger charge is -2.21. The number of nitrogens with zero attached hydrogens (tertiary/aromatic N) is 2. The standard InChI is InChI=1S/C13H23N3/c1-12(2,3)11-14-8-7-10(16-11)9-15-13(4,5)6/h7-8,15H,9H2,1-6H3. The van der Waals surface area contributed by atoms with Gasteiger partial charge >= 0.3 is 0 Å². The van der Waals surface area contributed by atoms with E-state index >= 15 is 0 Å². The van der Waals surface area contributed by atoms with Crippen LogP contribution < -0.4 is 5.32 Å². The molecule has 0 aliphatic heterocycles. The van der Waals surface area contributed by atoms with Crippen LogP contribution in [0.1, 0.15) is 53.1 Å². The van der Waals surface area contributed by atoms with Crippen molar-refractivity contribution in [3.63, 3.8) is 0 Å². The predicted octanol–water partition coefficient (Wildman–Crippen LogP) is 2.66. The zero-order chi connectivity index (χ0) is 12.4. The van der Waals surface area contributed by atoms with Gasteiger partial charge in [-0.3, -0.25) is 0 Å². The van der Waals surface area contributed by atoms with Crippen molar-refractivity contribution >= 4 is 0 Å². The van der Waals surface area contributed by atoms with Gasteiger partial charge in [0.1, 0.15) is 5.82 Å². The van der Waals surface area contributed by atoms with Crippen LogP contribution in [-0.4, -0.2) is 15.5 Å². The third kappa shape index (κ3) is 4.27. The van der Waals surface area contributed by atoms with Crippen LogP contribution in [0, 0.1) is 0 Å². The summed E-state index contributed by atoms with van der Waals surface area (Å²) < 4.78 is 0. The monoisotopic (exact) mass is 221 g/mol. The van der Waals surface area contributed by atoms with Crippen molar-refractivity contribution in [3.8, 4) is 0 Å². The molecule has 0 radical (unpaired) electrons. The minimum atomic E-state index is 0.0116. The SMILES string of the molecule is CC(C)(C)NCc1ccnc(C(C)(C)C)n1. The second-order valence-electron chi connectivity index (χ2n) is 6.23. The molecule has 3 heteroatoms. The minimum Gasteiger partial charge on any atom is -0.306 e. The van der Waals surface area contributed by atoms with Crippen LogP contribution in [0.5, 0.6) is 0 Å². The largest absolute Gasteiger partial charge is 0.306 e. The molecule has 90 valence electrons. The van der Waals surface area contributed by atoms with E-state index in [-0.39, 0.29) is 11.0 Å². The highest BCUT2D eigenvalue weighted by Crippen LogP contribution is 2.17. The maximum Gasteiger partial charge on any atom is 0.133 e.